The Labute approximate surface area is 95.8 Å². The maximum Gasteiger partial charge on any atom is 0.287 e. The van der Waals surface area contributed by atoms with Crippen LogP contribution in [0.25, 0.3) is 0 Å². The average Bonchev–Trinajstić information content (AvgIpc) is 2.75. The van der Waals surface area contributed by atoms with Crippen LogP contribution in [0.5, 0.6) is 0 Å². The molecule has 5 nitrogen and oxygen atoms in total. The van der Waals surface area contributed by atoms with E-state index in [0.29, 0.717) is 5.56 Å². The third-order valence-corrected chi connectivity index (χ3v) is 2.07. The van der Waals surface area contributed by atoms with Crippen LogP contribution in [0.3, 0.4) is 0 Å². The van der Waals surface area contributed by atoms with Gasteiger partial charge in [0.15, 0.2) is 5.78 Å². The molecule has 3 N–H and O–H groups in total. The Morgan fingerprint density at radius 1 is 1.53 bits per heavy atom. The number of carbonyl (C=O) groups is 2. The van der Waals surface area contributed by atoms with Crippen LogP contribution < -0.4 is 5.32 Å². The van der Waals surface area contributed by atoms with Crippen molar-refractivity contribution in [3.05, 3.63) is 23.5 Å². The minimum absolute atomic E-state index is 0.0175. The van der Waals surface area contributed by atoms with E-state index in [2.05, 4.69) is 4.98 Å². The molecule has 0 aliphatic rings. The first kappa shape index (κ1) is 13.3. The fourth-order valence-corrected chi connectivity index (χ4v) is 1.09. The van der Waals surface area contributed by atoms with Gasteiger partial charge in [-0.3, -0.25) is 9.59 Å². The number of Topliss-reactive ketones (excluding diaryl/α,β-unsaturated/α-hetero) is 1. The summed E-state index contributed by atoms with van der Waals surface area (Å²) in [7, 11) is 0. The molecule has 1 rings (SSSR count). The van der Waals surface area contributed by atoms with E-state index in [4.69, 9.17) is 5.11 Å². The van der Waals surface area contributed by atoms with Crippen molar-refractivity contribution in [3.63, 3.8) is 0 Å². The smallest absolute Gasteiger partial charge is 0.287 e. The lowest BCUT2D eigenvalue weighted by atomic mass is 10.2. The van der Waals surface area contributed by atoms with Crippen LogP contribution >= 0.6 is 0 Å². The highest BCUT2D eigenvalue weighted by Gasteiger charge is 2.28. The van der Waals surface area contributed by atoms with E-state index in [9.17, 15) is 18.4 Å². The molecule has 0 aromatic carbocycles. The van der Waals surface area contributed by atoms with Gasteiger partial charge in [-0.1, -0.05) is 0 Å². The third-order valence-electron chi connectivity index (χ3n) is 2.07. The number of amides is 1. The van der Waals surface area contributed by atoms with Gasteiger partial charge in [-0.15, -0.1) is 0 Å². The first-order chi connectivity index (χ1) is 7.85. The summed E-state index contributed by atoms with van der Waals surface area (Å²) in [5.41, 5.74) is 0.313. The predicted molar refractivity (Wildman–Crippen MR) is 55.2 cm³/mol. The van der Waals surface area contributed by atoms with Crippen LogP contribution in [0.4, 0.5) is 8.78 Å². The lowest BCUT2D eigenvalue weighted by Gasteiger charge is -2.13. The van der Waals surface area contributed by atoms with Crippen molar-refractivity contribution in [2.45, 2.75) is 12.8 Å². The van der Waals surface area contributed by atoms with Crippen LogP contribution in [-0.4, -0.2) is 40.9 Å². The second-order valence-electron chi connectivity index (χ2n) is 3.55. The number of hydrogen-bond donors (Lipinski definition) is 3. The Balaban J connectivity index is 2.61. The van der Waals surface area contributed by atoms with Gasteiger partial charge in [0.1, 0.15) is 12.3 Å². The number of carbonyl (C=O) groups excluding carboxylic acids is 2. The van der Waals surface area contributed by atoms with E-state index in [0.717, 1.165) is 0 Å². The van der Waals surface area contributed by atoms with Gasteiger partial charge >= 0.3 is 0 Å². The van der Waals surface area contributed by atoms with E-state index < -0.39 is 25.0 Å². The summed E-state index contributed by atoms with van der Waals surface area (Å²) in [6, 6.07) is 1.27. The fourth-order valence-electron chi connectivity index (χ4n) is 1.09. The maximum atomic E-state index is 12.6. The monoisotopic (exact) mass is 246 g/mol. The molecule has 0 bridgehead atoms. The predicted octanol–water partition coefficient (Wildman–Crippen LogP) is 0.575. The fraction of sp³-hybridized carbons (Fsp3) is 0.400. The van der Waals surface area contributed by atoms with E-state index in [1.807, 2.05) is 5.32 Å². The summed E-state index contributed by atoms with van der Waals surface area (Å²) in [6.45, 7) is -0.974. The third kappa shape index (κ3) is 3.63. The summed E-state index contributed by atoms with van der Waals surface area (Å²) < 4.78 is 25.3. The zero-order chi connectivity index (χ0) is 13.1. The molecule has 0 unspecified atom stereocenters. The van der Waals surface area contributed by atoms with Gasteiger partial charge in [0.25, 0.3) is 11.8 Å². The Bertz CT molecular complexity index is 429. The number of hydrogen-bond acceptors (Lipinski definition) is 3. The van der Waals surface area contributed by atoms with Gasteiger partial charge in [0, 0.05) is 11.8 Å². The Morgan fingerprint density at radius 2 is 2.18 bits per heavy atom. The molecular formula is C10H12F2N2O3. The van der Waals surface area contributed by atoms with Crippen molar-refractivity contribution in [2.75, 3.05) is 13.2 Å². The molecule has 0 aliphatic carbocycles. The maximum absolute atomic E-state index is 12.6. The molecule has 1 heterocycles. The molecule has 94 valence electrons. The molecule has 7 heteroatoms. The number of ketones is 1. The van der Waals surface area contributed by atoms with Crippen molar-refractivity contribution >= 4 is 11.7 Å². The van der Waals surface area contributed by atoms with E-state index >= 15 is 0 Å². The molecule has 1 amide bonds. The van der Waals surface area contributed by atoms with Crippen LogP contribution in [0.2, 0.25) is 0 Å². The van der Waals surface area contributed by atoms with Crippen molar-refractivity contribution in [3.8, 4) is 0 Å². The highest BCUT2D eigenvalue weighted by molar-refractivity contribution is 5.99. The van der Waals surface area contributed by atoms with Gasteiger partial charge in [-0.05, 0) is 13.0 Å². The topological polar surface area (TPSA) is 82.2 Å². The number of aliphatic hydroxyl groups is 1. The van der Waals surface area contributed by atoms with Gasteiger partial charge in [-0.25, -0.2) is 8.78 Å². The molecule has 0 atom stereocenters. The second kappa shape index (κ2) is 5.05. The van der Waals surface area contributed by atoms with Crippen LogP contribution in [0.1, 0.15) is 27.8 Å². The number of aromatic amines is 1. The highest BCUT2D eigenvalue weighted by Crippen LogP contribution is 2.10. The molecule has 1 aromatic rings. The number of H-pyrrole nitrogens is 1. The molecular weight excluding hydrogens is 234 g/mol. The lowest BCUT2D eigenvalue weighted by Crippen LogP contribution is -2.39. The van der Waals surface area contributed by atoms with Crippen LogP contribution in [0, 0.1) is 0 Å². The standard InChI is InChI=1S/C10H12F2N2O3/c1-6(16)7-2-8(13-3-7)9(17)14-4-10(11,12)5-15/h2-3,13,15H,4-5H2,1H3,(H,14,17). The summed E-state index contributed by atoms with van der Waals surface area (Å²) in [5.74, 6) is -4.35. The Morgan fingerprint density at radius 3 is 2.65 bits per heavy atom. The number of alkyl halides is 2. The van der Waals surface area contributed by atoms with Crippen LogP contribution in [0.15, 0.2) is 12.3 Å². The minimum Gasteiger partial charge on any atom is -0.390 e. The number of halogens is 2. The number of nitrogens with one attached hydrogen (secondary N) is 2. The van der Waals surface area contributed by atoms with Gasteiger partial charge in [-0.2, -0.15) is 0 Å². The second-order valence-corrected chi connectivity index (χ2v) is 3.55. The summed E-state index contributed by atoms with van der Waals surface area (Å²) in [5, 5.41) is 10.3. The summed E-state index contributed by atoms with van der Waals surface area (Å²) in [4.78, 5) is 24.8. The first-order valence-electron chi connectivity index (χ1n) is 4.82. The summed E-state index contributed by atoms with van der Waals surface area (Å²) in [6.07, 6.45) is 1.32. The lowest BCUT2D eigenvalue weighted by molar-refractivity contribution is -0.0462. The van der Waals surface area contributed by atoms with Crippen molar-refractivity contribution in [2.24, 2.45) is 0 Å². The molecule has 0 spiro atoms. The van der Waals surface area contributed by atoms with Gasteiger partial charge < -0.3 is 15.4 Å². The quantitative estimate of drug-likeness (QED) is 0.664. The molecule has 1 aromatic heterocycles. The molecule has 0 saturated carbocycles. The minimum atomic E-state index is -3.36. The summed E-state index contributed by atoms with van der Waals surface area (Å²) >= 11 is 0. The van der Waals surface area contributed by atoms with E-state index in [1.165, 1.54) is 19.2 Å². The molecule has 0 aliphatic heterocycles. The van der Waals surface area contributed by atoms with E-state index in [-0.39, 0.29) is 11.5 Å². The van der Waals surface area contributed by atoms with Crippen LogP contribution in [-0.2, 0) is 0 Å². The largest absolute Gasteiger partial charge is 0.390 e. The van der Waals surface area contributed by atoms with Crippen molar-refractivity contribution < 1.29 is 23.5 Å². The number of rotatable bonds is 5. The van der Waals surface area contributed by atoms with Gasteiger partial charge in [0.2, 0.25) is 0 Å². The SMILES string of the molecule is CC(=O)c1c[nH]c(C(=O)NCC(F)(F)CO)c1. The normalized spacial score (nSPS) is 11.3. The molecule has 0 radical (unpaired) electrons. The van der Waals surface area contributed by atoms with E-state index in [1.54, 1.807) is 0 Å². The van der Waals surface area contributed by atoms with Gasteiger partial charge in [0.05, 0.1) is 6.54 Å². The highest BCUT2D eigenvalue weighted by atomic mass is 19.3. The zero-order valence-electron chi connectivity index (χ0n) is 9.09. The Hall–Kier alpha value is -1.76. The van der Waals surface area contributed by atoms with Crippen molar-refractivity contribution in [1.29, 1.82) is 0 Å². The molecule has 0 saturated heterocycles. The average molecular weight is 246 g/mol. The zero-order valence-corrected chi connectivity index (χ0v) is 9.09. The molecule has 17 heavy (non-hydrogen) atoms. The Kier molecular flexibility index (Phi) is 3.95. The molecule has 0 fully saturated rings. The number of aromatic nitrogens is 1. The van der Waals surface area contributed by atoms with Crippen molar-refractivity contribution in [1.82, 2.24) is 10.3 Å². The number of aliphatic hydroxyl groups excluding tert-OH is 1. The first-order valence-corrected chi connectivity index (χ1v) is 4.82.